The van der Waals surface area contributed by atoms with Crippen LogP contribution in [0.3, 0.4) is 0 Å². The molecule has 0 saturated heterocycles. The number of ether oxygens (including phenoxy) is 1. The molecule has 0 bridgehead atoms. The molecule has 0 aliphatic heterocycles. The highest BCUT2D eigenvalue weighted by Crippen LogP contribution is 2.21. The van der Waals surface area contributed by atoms with Gasteiger partial charge in [0.25, 0.3) is 0 Å². The van der Waals surface area contributed by atoms with Crippen molar-refractivity contribution in [2.24, 2.45) is 0 Å². The lowest BCUT2D eigenvalue weighted by Crippen LogP contribution is -2.09. The van der Waals surface area contributed by atoms with Crippen LogP contribution >= 0.6 is 22.6 Å². The molecule has 0 aliphatic rings. The summed E-state index contributed by atoms with van der Waals surface area (Å²) in [5.74, 6) is -0.248. The van der Waals surface area contributed by atoms with Crippen molar-refractivity contribution in [1.29, 1.82) is 5.26 Å². The molecule has 90 valence electrons. The average Bonchev–Trinajstić information content (AvgIpc) is 2.32. The summed E-state index contributed by atoms with van der Waals surface area (Å²) >= 11 is 2.22. The molecule has 4 heteroatoms. The largest absolute Gasteiger partial charge is 0.466 e. The zero-order valence-corrected chi connectivity index (χ0v) is 12.1. The fraction of sp³-hybridized carbons (Fsp3) is 0.385. The summed E-state index contributed by atoms with van der Waals surface area (Å²) in [5.41, 5.74) is 2.57. The van der Waals surface area contributed by atoms with Gasteiger partial charge in [0.1, 0.15) is 0 Å². The Kier molecular flexibility index (Phi) is 5.42. The van der Waals surface area contributed by atoms with Crippen LogP contribution in [-0.4, -0.2) is 12.6 Å². The smallest absolute Gasteiger partial charge is 0.310 e. The molecule has 0 unspecified atom stereocenters. The minimum atomic E-state index is -0.248. The van der Waals surface area contributed by atoms with Gasteiger partial charge in [-0.05, 0) is 59.2 Å². The molecule has 1 aromatic rings. The predicted octanol–water partition coefficient (Wildman–Crippen LogP) is 2.83. The Labute approximate surface area is 115 Å². The number of hydrogen-bond acceptors (Lipinski definition) is 3. The van der Waals surface area contributed by atoms with Gasteiger partial charge in [0.05, 0.1) is 24.7 Å². The second-order valence-electron chi connectivity index (χ2n) is 3.56. The van der Waals surface area contributed by atoms with E-state index in [1.165, 1.54) is 0 Å². The minimum Gasteiger partial charge on any atom is -0.466 e. The number of nitriles is 1. The van der Waals surface area contributed by atoms with Crippen LogP contribution in [0.5, 0.6) is 0 Å². The van der Waals surface area contributed by atoms with Crippen molar-refractivity contribution in [2.75, 3.05) is 6.61 Å². The molecule has 0 saturated carbocycles. The summed E-state index contributed by atoms with van der Waals surface area (Å²) in [4.78, 5) is 11.5. The number of esters is 1. The van der Waals surface area contributed by atoms with E-state index in [0.717, 1.165) is 21.1 Å². The van der Waals surface area contributed by atoms with Gasteiger partial charge in [-0.2, -0.15) is 5.26 Å². The first kappa shape index (κ1) is 14.0. The van der Waals surface area contributed by atoms with Gasteiger partial charge in [0, 0.05) is 3.57 Å². The maximum atomic E-state index is 11.5. The van der Waals surface area contributed by atoms with Gasteiger partial charge in [-0.15, -0.1) is 0 Å². The minimum absolute atomic E-state index is 0.231. The summed E-state index contributed by atoms with van der Waals surface area (Å²) in [6.07, 6.45) is 1.08. The Morgan fingerprint density at radius 3 is 2.59 bits per heavy atom. The number of benzene rings is 1. The third kappa shape index (κ3) is 3.70. The molecule has 0 heterocycles. The van der Waals surface area contributed by atoms with E-state index in [1.807, 2.05) is 13.0 Å². The van der Waals surface area contributed by atoms with Gasteiger partial charge in [-0.25, -0.2) is 0 Å². The van der Waals surface area contributed by atoms with Gasteiger partial charge in [0.15, 0.2) is 0 Å². The number of nitrogens with zero attached hydrogens (tertiary/aromatic N) is 1. The molecule has 0 amide bonds. The Balaban J connectivity index is 3.06. The Hall–Kier alpha value is -1.09. The Morgan fingerprint density at radius 1 is 1.41 bits per heavy atom. The highest BCUT2D eigenvalue weighted by Gasteiger charge is 2.11. The number of carbonyl (C=O) groups excluding carboxylic acids is 1. The molecule has 0 atom stereocenters. The first-order chi connectivity index (χ1) is 8.12. The van der Waals surface area contributed by atoms with E-state index in [1.54, 1.807) is 13.0 Å². The van der Waals surface area contributed by atoms with Crippen LogP contribution in [0.4, 0.5) is 0 Å². The van der Waals surface area contributed by atoms with Crippen LogP contribution in [0, 0.1) is 14.9 Å². The molecular weight excluding hydrogens is 329 g/mol. The Bertz CT molecular complexity index is 463. The molecule has 17 heavy (non-hydrogen) atoms. The third-order valence-electron chi connectivity index (χ3n) is 2.37. The van der Waals surface area contributed by atoms with Gasteiger partial charge >= 0.3 is 5.97 Å². The molecule has 3 nitrogen and oxygen atoms in total. The quantitative estimate of drug-likeness (QED) is 0.624. The fourth-order valence-corrected chi connectivity index (χ4v) is 2.45. The lowest BCUT2D eigenvalue weighted by molar-refractivity contribution is -0.142. The summed E-state index contributed by atoms with van der Waals surface area (Å²) < 4.78 is 5.98. The van der Waals surface area contributed by atoms with E-state index in [9.17, 15) is 4.79 Å². The van der Waals surface area contributed by atoms with E-state index in [4.69, 9.17) is 10.00 Å². The summed E-state index contributed by atoms with van der Waals surface area (Å²) in [7, 11) is 0. The third-order valence-corrected chi connectivity index (χ3v) is 3.76. The van der Waals surface area contributed by atoms with E-state index in [2.05, 4.69) is 28.7 Å². The maximum Gasteiger partial charge on any atom is 0.310 e. The van der Waals surface area contributed by atoms with Crippen molar-refractivity contribution in [3.8, 4) is 6.07 Å². The van der Waals surface area contributed by atoms with Crippen molar-refractivity contribution >= 4 is 28.6 Å². The monoisotopic (exact) mass is 343 g/mol. The second kappa shape index (κ2) is 6.60. The molecule has 0 N–H and O–H groups in total. The van der Waals surface area contributed by atoms with Gasteiger partial charge < -0.3 is 4.74 Å². The van der Waals surface area contributed by atoms with Gasteiger partial charge in [-0.1, -0.05) is 6.92 Å². The van der Waals surface area contributed by atoms with Crippen LogP contribution in [0.1, 0.15) is 30.5 Å². The van der Waals surface area contributed by atoms with Crippen LogP contribution < -0.4 is 0 Å². The first-order valence-corrected chi connectivity index (χ1v) is 6.57. The predicted molar refractivity (Wildman–Crippen MR) is 73.6 cm³/mol. The molecule has 0 spiro atoms. The van der Waals surface area contributed by atoms with Crippen molar-refractivity contribution < 1.29 is 9.53 Å². The first-order valence-electron chi connectivity index (χ1n) is 5.49. The van der Waals surface area contributed by atoms with Crippen molar-refractivity contribution in [3.63, 3.8) is 0 Å². The number of halogens is 1. The second-order valence-corrected chi connectivity index (χ2v) is 4.63. The Morgan fingerprint density at radius 2 is 2.06 bits per heavy atom. The van der Waals surface area contributed by atoms with Crippen molar-refractivity contribution in [3.05, 3.63) is 32.4 Å². The standard InChI is InChI=1S/C13H14INO2/c1-3-10-5-9(8-15)6-11(13(10)14)7-12(16)17-4-2/h5-6H,3-4,7H2,1-2H3. The maximum absolute atomic E-state index is 11.5. The molecule has 0 aliphatic carbocycles. The highest BCUT2D eigenvalue weighted by atomic mass is 127. The van der Waals surface area contributed by atoms with Crippen LogP contribution in [0.25, 0.3) is 0 Å². The lowest BCUT2D eigenvalue weighted by Gasteiger charge is -2.09. The summed E-state index contributed by atoms with van der Waals surface area (Å²) in [6, 6.07) is 5.75. The summed E-state index contributed by atoms with van der Waals surface area (Å²) in [6.45, 7) is 4.20. The van der Waals surface area contributed by atoms with Crippen molar-refractivity contribution in [1.82, 2.24) is 0 Å². The number of rotatable bonds is 4. The topological polar surface area (TPSA) is 50.1 Å². The fourth-order valence-electron chi connectivity index (χ4n) is 1.57. The van der Waals surface area contributed by atoms with Crippen LogP contribution in [0.2, 0.25) is 0 Å². The molecule has 1 aromatic carbocycles. The highest BCUT2D eigenvalue weighted by molar-refractivity contribution is 14.1. The van der Waals surface area contributed by atoms with E-state index in [-0.39, 0.29) is 12.4 Å². The molecule has 0 aromatic heterocycles. The SMILES string of the molecule is CCOC(=O)Cc1cc(C#N)cc(CC)c1I. The van der Waals surface area contributed by atoms with Gasteiger partial charge in [0.2, 0.25) is 0 Å². The number of hydrogen-bond donors (Lipinski definition) is 0. The van der Waals surface area contributed by atoms with E-state index >= 15 is 0 Å². The number of aryl methyl sites for hydroxylation is 1. The van der Waals surface area contributed by atoms with Crippen LogP contribution in [0.15, 0.2) is 12.1 Å². The molecule has 0 fully saturated rings. The van der Waals surface area contributed by atoms with E-state index in [0.29, 0.717) is 12.2 Å². The molecular formula is C13H14INO2. The average molecular weight is 343 g/mol. The molecule has 0 radical (unpaired) electrons. The molecule has 1 rings (SSSR count). The zero-order valence-electron chi connectivity index (χ0n) is 9.92. The zero-order chi connectivity index (χ0) is 12.8. The number of carbonyl (C=O) groups is 1. The lowest BCUT2D eigenvalue weighted by atomic mass is 10.0. The normalized spacial score (nSPS) is 9.76. The van der Waals surface area contributed by atoms with Crippen molar-refractivity contribution in [2.45, 2.75) is 26.7 Å². The van der Waals surface area contributed by atoms with Gasteiger partial charge in [-0.3, -0.25) is 4.79 Å². The summed E-state index contributed by atoms with van der Waals surface area (Å²) in [5, 5.41) is 8.94. The van der Waals surface area contributed by atoms with E-state index < -0.39 is 0 Å². The van der Waals surface area contributed by atoms with Crippen LogP contribution in [-0.2, 0) is 22.4 Å².